The lowest BCUT2D eigenvalue weighted by atomic mass is 9.94. The number of hydrogen-bond acceptors (Lipinski definition) is 5. The summed E-state index contributed by atoms with van der Waals surface area (Å²) >= 11 is 0. The molecule has 0 unspecified atom stereocenters. The van der Waals surface area contributed by atoms with Crippen molar-refractivity contribution in [2.45, 2.75) is 24.9 Å². The summed E-state index contributed by atoms with van der Waals surface area (Å²) < 4.78 is 38.9. The number of imidazole rings is 1. The fourth-order valence-corrected chi connectivity index (χ4v) is 3.96. The highest BCUT2D eigenvalue weighted by molar-refractivity contribution is 5.81. The highest BCUT2D eigenvalue weighted by Crippen LogP contribution is 2.32. The van der Waals surface area contributed by atoms with E-state index in [-0.39, 0.29) is 0 Å². The molecule has 0 saturated carbocycles. The number of nitrogens with zero attached hydrogens (tertiary/aromatic N) is 3. The van der Waals surface area contributed by atoms with E-state index >= 15 is 0 Å². The first-order chi connectivity index (χ1) is 15.5. The van der Waals surface area contributed by atoms with E-state index in [1.165, 1.54) is 6.07 Å². The second kappa shape index (κ2) is 8.23. The molecule has 0 bridgehead atoms. The Balaban J connectivity index is 1.35. The van der Waals surface area contributed by atoms with Crippen LogP contribution in [-0.4, -0.2) is 33.3 Å². The van der Waals surface area contributed by atoms with Crippen LogP contribution in [0.15, 0.2) is 54.6 Å². The van der Waals surface area contributed by atoms with Crippen LogP contribution in [0.2, 0.25) is 0 Å². The topological polar surface area (TPSA) is 78.5 Å². The Bertz CT molecular complexity index is 1230. The summed E-state index contributed by atoms with van der Waals surface area (Å²) in [4.78, 5) is 7.42. The molecule has 9 heteroatoms. The van der Waals surface area contributed by atoms with Gasteiger partial charge in [-0.25, -0.2) is 4.98 Å². The molecule has 5 rings (SSSR count). The van der Waals surface area contributed by atoms with E-state index in [1.807, 2.05) is 36.4 Å². The van der Waals surface area contributed by atoms with E-state index in [1.54, 1.807) is 0 Å². The van der Waals surface area contributed by atoms with Crippen LogP contribution in [0.5, 0.6) is 0 Å². The zero-order valence-corrected chi connectivity index (χ0v) is 17.1. The smallest absolute Gasteiger partial charge is 0.339 e. The van der Waals surface area contributed by atoms with Gasteiger partial charge in [0.05, 0.1) is 22.3 Å². The molecule has 164 valence electrons. The van der Waals surface area contributed by atoms with Crippen molar-refractivity contribution in [3.63, 3.8) is 0 Å². The maximum absolute atomic E-state index is 13.0. The van der Waals surface area contributed by atoms with Gasteiger partial charge in [0, 0.05) is 17.2 Å². The van der Waals surface area contributed by atoms with Gasteiger partial charge in [-0.2, -0.15) is 18.3 Å². The van der Waals surface area contributed by atoms with Crippen molar-refractivity contribution in [3.05, 3.63) is 65.9 Å². The number of piperidine rings is 1. The number of fused-ring (bicyclic) bond motifs is 1. The number of alkyl halides is 3. The van der Waals surface area contributed by atoms with E-state index in [0.29, 0.717) is 28.6 Å². The lowest BCUT2D eigenvalue weighted by Crippen LogP contribution is -2.27. The minimum atomic E-state index is -4.40. The third kappa shape index (κ3) is 4.29. The Kier molecular flexibility index (Phi) is 5.26. The molecule has 0 atom stereocenters. The van der Waals surface area contributed by atoms with E-state index in [9.17, 15) is 13.2 Å². The van der Waals surface area contributed by atoms with Crippen LogP contribution < -0.4 is 10.6 Å². The van der Waals surface area contributed by atoms with Crippen molar-refractivity contribution >= 4 is 22.5 Å². The highest BCUT2D eigenvalue weighted by Gasteiger charge is 2.30. The van der Waals surface area contributed by atoms with Crippen molar-refractivity contribution in [2.75, 3.05) is 18.4 Å². The monoisotopic (exact) mass is 438 g/mol. The summed E-state index contributed by atoms with van der Waals surface area (Å²) in [6.07, 6.45) is -2.27. The average Bonchev–Trinajstić information content (AvgIpc) is 3.23. The van der Waals surface area contributed by atoms with Gasteiger partial charge in [0.1, 0.15) is 5.82 Å². The molecular formula is C23H21F3N6. The molecule has 0 aliphatic carbocycles. The maximum Gasteiger partial charge on any atom is 0.416 e. The van der Waals surface area contributed by atoms with Gasteiger partial charge in [-0.05, 0) is 68.4 Å². The van der Waals surface area contributed by atoms with Crippen molar-refractivity contribution < 1.29 is 13.2 Å². The highest BCUT2D eigenvalue weighted by atomic mass is 19.4. The molecule has 0 amide bonds. The quantitative estimate of drug-likeness (QED) is 0.406. The van der Waals surface area contributed by atoms with E-state index in [0.717, 1.165) is 55.0 Å². The van der Waals surface area contributed by atoms with Gasteiger partial charge in [0.15, 0.2) is 5.82 Å². The molecule has 2 aromatic carbocycles. The van der Waals surface area contributed by atoms with Gasteiger partial charge in [-0.15, -0.1) is 5.10 Å². The molecule has 0 spiro atoms. The number of nitrogens with one attached hydrogen (secondary N) is 3. The zero-order valence-electron chi connectivity index (χ0n) is 17.1. The lowest BCUT2D eigenvalue weighted by Gasteiger charge is -2.21. The first-order valence-corrected chi connectivity index (χ1v) is 10.4. The summed E-state index contributed by atoms with van der Waals surface area (Å²) in [5, 5.41) is 15.3. The second-order valence-corrected chi connectivity index (χ2v) is 7.89. The lowest BCUT2D eigenvalue weighted by molar-refractivity contribution is -0.137. The molecule has 3 heterocycles. The standard InChI is InChI=1S/C23H21F3N6/c24-23(25,26)16-4-5-19-20(13-16)30-22(29-19)15-2-1-3-17(12-15)28-21-7-6-18(31-32-21)14-8-10-27-11-9-14/h1-7,12-14,27H,8-11H2,(H,28,32)(H,29,30). The van der Waals surface area contributed by atoms with Gasteiger partial charge < -0.3 is 15.6 Å². The van der Waals surface area contributed by atoms with Crippen molar-refractivity contribution in [3.8, 4) is 11.4 Å². The van der Waals surface area contributed by atoms with Crippen LogP contribution in [0.1, 0.15) is 30.0 Å². The first-order valence-electron chi connectivity index (χ1n) is 10.4. The molecule has 2 aromatic heterocycles. The van der Waals surface area contributed by atoms with Crippen LogP contribution in [0.4, 0.5) is 24.7 Å². The molecule has 3 N–H and O–H groups in total. The Morgan fingerprint density at radius 1 is 0.938 bits per heavy atom. The molecule has 1 aliphatic heterocycles. The van der Waals surface area contributed by atoms with E-state index in [4.69, 9.17) is 0 Å². The van der Waals surface area contributed by atoms with Crippen LogP contribution in [0, 0.1) is 0 Å². The van der Waals surface area contributed by atoms with Crippen molar-refractivity contribution in [1.82, 2.24) is 25.5 Å². The zero-order chi connectivity index (χ0) is 22.1. The average molecular weight is 438 g/mol. The minimum Gasteiger partial charge on any atom is -0.339 e. The molecule has 6 nitrogen and oxygen atoms in total. The molecule has 0 radical (unpaired) electrons. The molecule has 1 fully saturated rings. The van der Waals surface area contributed by atoms with Crippen LogP contribution in [0.3, 0.4) is 0 Å². The molecular weight excluding hydrogens is 417 g/mol. The fourth-order valence-electron chi connectivity index (χ4n) is 3.96. The van der Waals surface area contributed by atoms with Crippen molar-refractivity contribution in [1.29, 1.82) is 0 Å². The van der Waals surface area contributed by atoms with Gasteiger partial charge in [-0.1, -0.05) is 12.1 Å². The summed E-state index contributed by atoms with van der Waals surface area (Å²) in [5.41, 5.74) is 2.65. The van der Waals surface area contributed by atoms with Crippen LogP contribution in [0.25, 0.3) is 22.4 Å². The number of hydrogen-bond donors (Lipinski definition) is 3. The number of halogens is 3. The number of benzene rings is 2. The molecule has 32 heavy (non-hydrogen) atoms. The van der Waals surface area contributed by atoms with Gasteiger partial charge in [0.2, 0.25) is 0 Å². The summed E-state index contributed by atoms with van der Waals surface area (Å²) in [6.45, 7) is 2.00. The Labute approximate surface area is 182 Å². The Morgan fingerprint density at radius 2 is 1.78 bits per heavy atom. The van der Waals surface area contributed by atoms with Crippen molar-refractivity contribution in [2.24, 2.45) is 0 Å². The first kappa shape index (κ1) is 20.4. The number of rotatable bonds is 4. The number of H-pyrrole nitrogens is 1. The van der Waals surface area contributed by atoms with E-state index in [2.05, 4.69) is 30.8 Å². The molecule has 4 aromatic rings. The predicted molar refractivity (Wildman–Crippen MR) is 117 cm³/mol. The van der Waals surface area contributed by atoms with Gasteiger partial charge in [-0.3, -0.25) is 0 Å². The van der Waals surface area contributed by atoms with Gasteiger partial charge in [0.25, 0.3) is 0 Å². The fraction of sp³-hybridized carbons (Fsp3) is 0.261. The minimum absolute atomic E-state index is 0.340. The normalized spacial score (nSPS) is 15.2. The Morgan fingerprint density at radius 3 is 2.53 bits per heavy atom. The van der Waals surface area contributed by atoms with Crippen LogP contribution in [-0.2, 0) is 6.18 Å². The third-order valence-electron chi connectivity index (χ3n) is 5.66. The summed E-state index contributed by atoms with van der Waals surface area (Å²) in [5.74, 6) is 1.56. The largest absolute Gasteiger partial charge is 0.416 e. The number of aromatic amines is 1. The van der Waals surface area contributed by atoms with E-state index < -0.39 is 11.7 Å². The Hall–Kier alpha value is -3.46. The van der Waals surface area contributed by atoms with Crippen LogP contribution >= 0.6 is 0 Å². The summed E-state index contributed by atoms with van der Waals surface area (Å²) in [6, 6.07) is 14.9. The maximum atomic E-state index is 13.0. The number of aromatic nitrogens is 4. The molecule has 1 saturated heterocycles. The predicted octanol–water partition coefficient (Wildman–Crippen LogP) is 5.25. The summed E-state index contributed by atoms with van der Waals surface area (Å²) in [7, 11) is 0. The van der Waals surface area contributed by atoms with Gasteiger partial charge >= 0.3 is 6.18 Å². The molecule has 1 aliphatic rings. The third-order valence-corrected chi connectivity index (χ3v) is 5.66. The SMILES string of the molecule is FC(F)(F)c1ccc2nc(-c3cccc(Nc4ccc(C5CCNCC5)nn4)c3)[nH]c2c1. The second-order valence-electron chi connectivity index (χ2n) is 7.89. The number of anilines is 2.